The SMILES string of the molecule is CONC1COc2c(C)cc(F)cc21. The van der Waals surface area contributed by atoms with Gasteiger partial charge in [0.25, 0.3) is 0 Å². The molecule has 1 heterocycles. The molecule has 1 unspecified atom stereocenters. The van der Waals surface area contributed by atoms with Crippen LogP contribution in [0.3, 0.4) is 0 Å². The highest BCUT2D eigenvalue weighted by Crippen LogP contribution is 2.35. The van der Waals surface area contributed by atoms with Crippen LogP contribution in [0.4, 0.5) is 4.39 Å². The smallest absolute Gasteiger partial charge is 0.127 e. The number of nitrogens with one attached hydrogen (secondary N) is 1. The summed E-state index contributed by atoms with van der Waals surface area (Å²) in [5, 5.41) is 0. The molecular weight excluding hydrogens is 185 g/mol. The van der Waals surface area contributed by atoms with Crippen LogP contribution in [0.2, 0.25) is 0 Å². The van der Waals surface area contributed by atoms with Crippen LogP contribution in [-0.4, -0.2) is 13.7 Å². The van der Waals surface area contributed by atoms with Crippen LogP contribution in [-0.2, 0) is 4.84 Å². The summed E-state index contributed by atoms with van der Waals surface area (Å²) in [5.74, 6) is 0.524. The maximum Gasteiger partial charge on any atom is 0.127 e. The lowest BCUT2D eigenvalue weighted by atomic mass is 10.1. The molecule has 0 saturated heterocycles. The van der Waals surface area contributed by atoms with E-state index in [1.165, 1.54) is 19.2 Å². The van der Waals surface area contributed by atoms with E-state index < -0.39 is 0 Å². The predicted molar refractivity (Wildman–Crippen MR) is 49.5 cm³/mol. The Kier molecular flexibility index (Phi) is 2.39. The van der Waals surface area contributed by atoms with Crippen molar-refractivity contribution in [2.75, 3.05) is 13.7 Å². The Morgan fingerprint density at radius 1 is 1.57 bits per heavy atom. The molecule has 0 aliphatic carbocycles. The average Bonchev–Trinajstić information content (AvgIpc) is 2.49. The number of fused-ring (bicyclic) bond motifs is 1. The molecular formula is C10H12FNO2. The third-order valence-corrected chi connectivity index (χ3v) is 2.30. The first kappa shape index (κ1) is 9.43. The molecule has 0 bridgehead atoms. The molecule has 1 aromatic carbocycles. The van der Waals surface area contributed by atoms with Crippen molar-refractivity contribution >= 4 is 0 Å². The maximum absolute atomic E-state index is 13.1. The molecule has 0 spiro atoms. The first-order valence-corrected chi connectivity index (χ1v) is 4.43. The third-order valence-electron chi connectivity index (χ3n) is 2.30. The number of ether oxygens (including phenoxy) is 1. The van der Waals surface area contributed by atoms with E-state index in [4.69, 9.17) is 9.57 Å². The Morgan fingerprint density at radius 3 is 3.07 bits per heavy atom. The summed E-state index contributed by atoms with van der Waals surface area (Å²) in [4.78, 5) is 4.81. The van der Waals surface area contributed by atoms with E-state index in [1.807, 2.05) is 6.92 Å². The lowest BCUT2D eigenvalue weighted by molar-refractivity contribution is 0.0535. The molecule has 2 rings (SSSR count). The molecule has 3 nitrogen and oxygen atoms in total. The second-order valence-electron chi connectivity index (χ2n) is 3.33. The van der Waals surface area contributed by atoms with E-state index in [0.717, 1.165) is 16.9 Å². The third kappa shape index (κ3) is 1.47. The minimum absolute atomic E-state index is 0.0793. The Morgan fingerprint density at radius 2 is 2.36 bits per heavy atom. The first-order valence-electron chi connectivity index (χ1n) is 4.43. The van der Waals surface area contributed by atoms with Crippen LogP contribution in [0, 0.1) is 12.7 Å². The molecule has 0 aromatic heterocycles. The van der Waals surface area contributed by atoms with Crippen molar-refractivity contribution in [3.63, 3.8) is 0 Å². The Bertz CT molecular complexity index is 354. The van der Waals surface area contributed by atoms with E-state index in [2.05, 4.69) is 5.48 Å². The van der Waals surface area contributed by atoms with Gasteiger partial charge in [0.15, 0.2) is 0 Å². The van der Waals surface area contributed by atoms with Crippen LogP contribution in [0.1, 0.15) is 17.2 Å². The van der Waals surface area contributed by atoms with E-state index in [-0.39, 0.29) is 11.9 Å². The fourth-order valence-corrected chi connectivity index (χ4v) is 1.71. The van der Waals surface area contributed by atoms with Gasteiger partial charge in [0.05, 0.1) is 13.2 Å². The van der Waals surface area contributed by atoms with Crippen molar-refractivity contribution in [2.24, 2.45) is 0 Å². The number of hydrogen-bond donors (Lipinski definition) is 1. The van der Waals surface area contributed by atoms with Crippen molar-refractivity contribution in [2.45, 2.75) is 13.0 Å². The molecule has 1 atom stereocenters. The molecule has 0 amide bonds. The van der Waals surface area contributed by atoms with Crippen LogP contribution in [0.15, 0.2) is 12.1 Å². The molecule has 4 heteroatoms. The van der Waals surface area contributed by atoms with Crippen LogP contribution >= 0.6 is 0 Å². The van der Waals surface area contributed by atoms with Gasteiger partial charge in [-0.2, -0.15) is 5.48 Å². The molecule has 1 aliphatic heterocycles. The highest BCUT2D eigenvalue weighted by molar-refractivity contribution is 5.45. The lowest BCUT2D eigenvalue weighted by Gasteiger charge is -2.08. The standard InChI is InChI=1S/C10H12FNO2/c1-6-3-7(11)4-8-9(12-13-2)5-14-10(6)8/h3-4,9,12H,5H2,1-2H3. The number of hydroxylamine groups is 1. The number of benzene rings is 1. The molecule has 0 radical (unpaired) electrons. The minimum atomic E-state index is -0.241. The Labute approximate surface area is 81.8 Å². The maximum atomic E-state index is 13.1. The van der Waals surface area contributed by atoms with Gasteiger partial charge in [0.2, 0.25) is 0 Å². The quantitative estimate of drug-likeness (QED) is 0.732. The largest absolute Gasteiger partial charge is 0.491 e. The number of rotatable bonds is 2. The molecule has 1 N–H and O–H groups in total. The zero-order valence-corrected chi connectivity index (χ0v) is 8.13. The average molecular weight is 197 g/mol. The van der Waals surface area contributed by atoms with E-state index in [9.17, 15) is 4.39 Å². The highest BCUT2D eigenvalue weighted by atomic mass is 19.1. The van der Waals surface area contributed by atoms with Gasteiger partial charge in [0.1, 0.15) is 18.2 Å². The summed E-state index contributed by atoms with van der Waals surface area (Å²) in [6.07, 6.45) is 0. The summed E-state index contributed by atoms with van der Waals surface area (Å²) < 4.78 is 18.6. The van der Waals surface area contributed by atoms with Gasteiger partial charge in [-0.05, 0) is 24.6 Å². The van der Waals surface area contributed by atoms with Crippen molar-refractivity contribution in [1.82, 2.24) is 5.48 Å². The topological polar surface area (TPSA) is 30.5 Å². The zero-order chi connectivity index (χ0) is 10.1. The number of halogens is 1. The summed E-state index contributed by atoms with van der Waals surface area (Å²) in [5.41, 5.74) is 4.41. The highest BCUT2D eigenvalue weighted by Gasteiger charge is 2.26. The van der Waals surface area contributed by atoms with Gasteiger partial charge < -0.3 is 9.57 Å². The minimum Gasteiger partial charge on any atom is -0.491 e. The molecule has 76 valence electrons. The Balaban J connectivity index is 2.38. The molecule has 0 saturated carbocycles. The van der Waals surface area contributed by atoms with Crippen LogP contribution in [0.25, 0.3) is 0 Å². The molecule has 1 aliphatic rings. The van der Waals surface area contributed by atoms with Crippen molar-refractivity contribution in [3.8, 4) is 5.75 Å². The van der Waals surface area contributed by atoms with Crippen molar-refractivity contribution < 1.29 is 14.0 Å². The normalized spacial score (nSPS) is 19.2. The summed E-state index contributed by atoms with van der Waals surface area (Å²) >= 11 is 0. The fraction of sp³-hybridized carbons (Fsp3) is 0.400. The van der Waals surface area contributed by atoms with Crippen molar-refractivity contribution in [3.05, 3.63) is 29.1 Å². The molecule has 0 fully saturated rings. The zero-order valence-electron chi connectivity index (χ0n) is 8.13. The Hall–Kier alpha value is -1.13. The van der Waals surface area contributed by atoms with E-state index in [1.54, 1.807) is 0 Å². The summed E-state index contributed by atoms with van der Waals surface area (Å²) in [7, 11) is 1.53. The van der Waals surface area contributed by atoms with Crippen molar-refractivity contribution in [1.29, 1.82) is 0 Å². The molecule has 14 heavy (non-hydrogen) atoms. The van der Waals surface area contributed by atoms with Gasteiger partial charge in [-0.3, -0.25) is 0 Å². The lowest BCUT2D eigenvalue weighted by Crippen LogP contribution is -2.20. The van der Waals surface area contributed by atoms with E-state index >= 15 is 0 Å². The summed E-state index contributed by atoms with van der Waals surface area (Å²) in [6, 6.07) is 2.87. The van der Waals surface area contributed by atoms with Gasteiger partial charge in [-0.1, -0.05) is 0 Å². The van der Waals surface area contributed by atoms with Gasteiger partial charge in [-0.15, -0.1) is 0 Å². The monoisotopic (exact) mass is 197 g/mol. The summed E-state index contributed by atoms with van der Waals surface area (Å²) in [6.45, 7) is 2.31. The van der Waals surface area contributed by atoms with Gasteiger partial charge in [0, 0.05) is 5.56 Å². The second-order valence-corrected chi connectivity index (χ2v) is 3.33. The van der Waals surface area contributed by atoms with Crippen LogP contribution in [0.5, 0.6) is 5.75 Å². The van der Waals surface area contributed by atoms with E-state index in [0.29, 0.717) is 6.61 Å². The second kappa shape index (κ2) is 3.55. The fourth-order valence-electron chi connectivity index (χ4n) is 1.71. The molecule has 1 aromatic rings. The van der Waals surface area contributed by atoms with Gasteiger partial charge >= 0.3 is 0 Å². The van der Waals surface area contributed by atoms with Crippen LogP contribution < -0.4 is 10.2 Å². The number of hydrogen-bond acceptors (Lipinski definition) is 3. The number of aryl methyl sites for hydroxylation is 1. The predicted octanol–water partition coefficient (Wildman–Crippen LogP) is 1.72. The van der Waals surface area contributed by atoms with Gasteiger partial charge in [-0.25, -0.2) is 4.39 Å². The first-order chi connectivity index (χ1) is 6.72.